The molecule has 0 aliphatic carbocycles. The standard InChI is InChI=1S/C52H37N/c1-4-14-38(15-5-1)39-24-26-40(27-25-39)41-28-33-46(34-29-41)53(51-23-13-12-21-48(51)42-16-6-2-7-17-42)47-35-30-44(31-36-47)50-37-32-43-18-10-11-22-49(43)52(50)45-19-8-3-9-20-45/h1-37H. The number of rotatable bonds is 8. The minimum absolute atomic E-state index is 1.10. The molecule has 9 aromatic rings. The highest BCUT2D eigenvalue weighted by Gasteiger charge is 2.18. The van der Waals surface area contributed by atoms with Crippen LogP contribution >= 0.6 is 0 Å². The first-order valence-corrected chi connectivity index (χ1v) is 18.2. The van der Waals surface area contributed by atoms with Crippen molar-refractivity contribution in [2.75, 3.05) is 4.90 Å². The van der Waals surface area contributed by atoms with Crippen LogP contribution in [0.4, 0.5) is 17.1 Å². The van der Waals surface area contributed by atoms with E-state index in [4.69, 9.17) is 0 Å². The third-order valence-electron chi connectivity index (χ3n) is 10.1. The predicted molar refractivity (Wildman–Crippen MR) is 226 cm³/mol. The van der Waals surface area contributed by atoms with Gasteiger partial charge in [-0.25, -0.2) is 0 Å². The van der Waals surface area contributed by atoms with Crippen molar-refractivity contribution in [3.05, 3.63) is 224 Å². The minimum Gasteiger partial charge on any atom is -0.310 e. The Hall–Kier alpha value is -6.96. The molecule has 0 heterocycles. The van der Waals surface area contributed by atoms with Crippen LogP contribution in [0, 0.1) is 0 Å². The fourth-order valence-corrected chi connectivity index (χ4v) is 7.46. The van der Waals surface area contributed by atoms with Gasteiger partial charge in [0.1, 0.15) is 0 Å². The SMILES string of the molecule is c1ccc(-c2ccc(-c3ccc(N(c4ccc(-c5ccc6ccccc6c5-c5ccccc5)cc4)c4ccccc4-c4ccccc4)cc3)cc2)cc1. The second kappa shape index (κ2) is 14.3. The van der Waals surface area contributed by atoms with Gasteiger partial charge in [-0.3, -0.25) is 0 Å². The molecule has 0 amide bonds. The number of fused-ring (bicyclic) bond motifs is 1. The molecular formula is C52H37N. The van der Waals surface area contributed by atoms with Crippen molar-refractivity contribution >= 4 is 27.8 Å². The van der Waals surface area contributed by atoms with Crippen LogP contribution in [-0.2, 0) is 0 Å². The second-order valence-corrected chi connectivity index (χ2v) is 13.3. The quantitative estimate of drug-likeness (QED) is 0.155. The van der Waals surface area contributed by atoms with E-state index in [9.17, 15) is 0 Å². The smallest absolute Gasteiger partial charge is 0.0540 e. The molecule has 0 bridgehead atoms. The second-order valence-electron chi connectivity index (χ2n) is 13.3. The first kappa shape index (κ1) is 32.0. The molecule has 53 heavy (non-hydrogen) atoms. The Balaban J connectivity index is 1.13. The summed E-state index contributed by atoms with van der Waals surface area (Å²) in [5.41, 5.74) is 15.4. The Kier molecular flexibility index (Phi) is 8.66. The number of benzene rings is 9. The van der Waals surface area contributed by atoms with E-state index in [0.717, 1.165) is 17.1 Å². The minimum atomic E-state index is 1.10. The maximum absolute atomic E-state index is 2.38. The molecule has 250 valence electrons. The molecule has 0 unspecified atom stereocenters. The van der Waals surface area contributed by atoms with Crippen LogP contribution in [0.25, 0.3) is 66.4 Å². The Bertz CT molecular complexity index is 2610. The fraction of sp³-hybridized carbons (Fsp3) is 0. The maximum atomic E-state index is 2.38. The lowest BCUT2D eigenvalue weighted by molar-refractivity contribution is 1.28. The molecule has 9 aromatic carbocycles. The molecule has 0 fully saturated rings. The van der Waals surface area contributed by atoms with Crippen LogP contribution in [0.2, 0.25) is 0 Å². The van der Waals surface area contributed by atoms with Crippen LogP contribution in [0.3, 0.4) is 0 Å². The molecule has 0 spiro atoms. The molecule has 1 nitrogen and oxygen atoms in total. The molecule has 0 aliphatic rings. The summed E-state index contributed by atoms with van der Waals surface area (Å²) in [6, 6.07) is 80.7. The summed E-state index contributed by atoms with van der Waals surface area (Å²) in [7, 11) is 0. The van der Waals surface area contributed by atoms with Crippen LogP contribution in [0.1, 0.15) is 0 Å². The lowest BCUT2D eigenvalue weighted by Crippen LogP contribution is -2.11. The molecule has 1 heteroatoms. The van der Waals surface area contributed by atoms with Gasteiger partial charge in [0.15, 0.2) is 0 Å². The summed E-state index contributed by atoms with van der Waals surface area (Å²) in [5, 5.41) is 2.50. The predicted octanol–water partition coefficient (Wildman–Crippen LogP) is 14.6. The van der Waals surface area contributed by atoms with Gasteiger partial charge in [-0.1, -0.05) is 194 Å². The van der Waals surface area contributed by atoms with Crippen LogP contribution in [-0.4, -0.2) is 0 Å². The number of hydrogen-bond acceptors (Lipinski definition) is 1. The maximum Gasteiger partial charge on any atom is 0.0540 e. The topological polar surface area (TPSA) is 3.24 Å². The lowest BCUT2D eigenvalue weighted by Gasteiger charge is -2.28. The Morgan fingerprint density at radius 2 is 0.660 bits per heavy atom. The molecule has 0 radical (unpaired) electrons. The molecule has 0 aromatic heterocycles. The van der Waals surface area contributed by atoms with E-state index >= 15 is 0 Å². The van der Waals surface area contributed by atoms with Gasteiger partial charge >= 0.3 is 0 Å². The van der Waals surface area contributed by atoms with Gasteiger partial charge in [-0.05, 0) is 91.2 Å². The van der Waals surface area contributed by atoms with Crippen molar-refractivity contribution in [2.45, 2.75) is 0 Å². The zero-order valence-electron chi connectivity index (χ0n) is 29.3. The molecule has 0 atom stereocenters. The summed E-state index contributed by atoms with van der Waals surface area (Å²) in [6.45, 7) is 0. The van der Waals surface area contributed by atoms with E-state index in [2.05, 4.69) is 229 Å². The first-order valence-electron chi connectivity index (χ1n) is 18.2. The van der Waals surface area contributed by atoms with Gasteiger partial charge in [-0.15, -0.1) is 0 Å². The summed E-state index contributed by atoms with van der Waals surface area (Å²) in [4.78, 5) is 2.38. The Morgan fingerprint density at radius 1 is 0.245 bits per heavy atom. The third-order valence-corrected chi connectivity index (χ3v) is 10.1. The molecule has 0 N–H and O–H groups in total. The first-order chi connectivity index (χ1) is 26.3. The normalized spacial score (nSPS) is 11.0. The highest BCUT2D eigenvalue weighted by molar-refractivity contribution is 6.04. The highest BCUT2D eigenvalue weighted by Crippen LogP contribution is 2.43. The van der Waals surface area contributed by atoms with E-state index in [1.807, 2.05) is 0 Å². The van der Waals surface area contributed by atoms with E-state index in [1.54, 1.807) is 0 Å². The lowest BCUT2D eigenvalue weighted by atomic mass is 9.89. The molecule has 0 saturated carbocycles. The summed E-state index contributed by atoms with van der Waals surface area (Å²) in [6.07, 6.45) is 0. The Labute approximate surface area is 311 Å². The zero-order valence-corrected chi connectivity index (χ0v) is 29.3. The third kappa shape index (κ3) is 6.42. The van der Waals surface area contributed by atoms with Crippen molar-refractivity contribution in [2.24, 2.45) is 0 Å². The van der Waals surface area contributed by atoms with Crippen molar-refractivity contribution in [3.63, 3.8) is 0 Å². The largest absolute Gasteiger partial charge is 0.310 e. The van der Waals surface area contributed by atoms with Crippen LogP contribution < -0.4 is 4.90 Å². The van der Waals surface area contributed by atoms with Crippen molar-refractivity contribution < 1.29 is 0 Å². The van der Waals surface area contributed by atoms with Crippen LogP contribution in [0.15, 0.2) is 224 Å². The monoisotopic (exact) mass is 675 g/mol. The summed E-state index contributed by atoms with van der Waals surface area (Å²) in [5.74, 6) is 0. The van der Waals surface area contributed by atoms with E-state index < -0.39 is 0 Å². The zero-order chi connectivity index (χ0) is 35.4. The number of para-hydroxylation sites is 1. The number of anilines is 3. The highest BCUT2D eigenvalue weighted by atomic mass is 15.1. The fourth-order valence-electron chi connectivity index (χ4n) is 7.46. The molecular weight excluding hydrogens is 639 g/mol. The molecule has 0 saturated heterocycles. The number of nitrogens with zero attached hydrogens (tertiary/aromatic N) is 1. The van der Waals surface area contributed by atoms with Gasteiger partial charge < -0.3 is 4.90 Å². The van der Waals surface area contributed by atoms with Gasteiger partial charge in [-0.2, -0.15) is 0 Å². The average Bonchev–Trinajstić information content (AvgIpc) is 3.25. The van der Waals surface area contributed by atoms with Crippen molar-refractivity contribution in [1.82, 2.24) is 0 Å². The van der Waals surface area contributed by atoms with Gasteiger partial charge in [0.2, 0.25) is 0 Å². The van der Waals surface area contributed by atoms with Gasteiger partial charge in [0.25, 0.3) is 0 Å². The Morgan fingerprint density at radius 3 is 1.26 bits per heavy atom. The summed E-state index contributed by atoms with van der Waals surface area (Å²) >= 11 is 0. The molecule has 9 rings (SSSR count). The van der Waals surface area contributed by atoms with E-state index in [0.29, 0.717) is 0 Å². The van der Waals surface area contributed by atoms with Crippen molar-refractivity contribution in [1.29, 1.82) is 0 Å². The van der Waals surface area contributed by atoms with E-state index in [1.165, 1.54) is 66.4 Å². The summed E-state index contributed by atoms with van der Waals surface area (Å²) < 4.78 is 0. The van der Waals surface area contributed by atoms with Crippen molar-refractivity contribution in [3.8, 4) is 55.6 Å². The van der Waals surface area contributed by atoms with Crippen LogP contribution in [0.5, 0.6) is 0 Å². The average molecular weight is 676 g/mol. The number of hydrogen-bond donors (Lipinski definition) is 0. The molecule has 0 aliphatic heterocycles. The van der Waals surface area contributed by atoms with Gasteiger partial charge in [0.05, 0.1) is 5.69 Å². The van der Waals surface area contributed by atoms with Gasteiger partial charge in [0, 0.05) is 16.9 Å². The van der Waals surface area contributed by atoms with E-state index in [-0.39, 0.29) is 0 Å².